The highest BCUT2D eigenvalue weighted by atomic mass is 16.1. The number of benzene rings is 1. The second-order valence-corrected chi connectivity index (χ2v) is 5.82. The third-order valence-corrected chi connectivity index (χ3v) is 4.09. The van der Waals surface area contributed by atoms with E-state index < -0.39 is 0 Å². The van der Waals surface area contributed by atoms with E-state index in [0.717, 1.165) is 18.9 Å². The van der Waals surface area contributed by atoms with Crippen LogP contribution < -0.4 is 10.2 Å². The topological polar surface area (TPSA) is 81.9 Å². The van der Waals surface area contributed by atoms with Gasteiger partial charge in [-0.3, -0.25) is 4.79 Å². The van der Waals surface area contributed by atoms with Gasteiger partial charge in [0.05, 0.1) is 11.6 Å². The molecule has 0 radical (unpaired) electrons. The normalized spacial score (nSPS) is 14.5. The predicted molar refractivity (Wildman–Crippen MR) is 91.8 cm³/mol. The van der Waals surface area contributed by atoms with Gasteiger partial charge in [0.15, 0.2) is 11.5 Å². The molecule has 1 fully saturated rings. The number of hydrogen-bond donors (Lipinski definition) is 1. The Kier molecular flexibility index (Phi) is 5.02. The van der Waals surface area contributed by atoms with Crippen LogP contribution in [0, 0.1) is 11.3 Å². The van der Waals surface area contributed by atoms with E-state index >= 15 is 0 Å². The van der Waals surface area contributed by atoms with E-state index in [-0.39, 0.29) is 11.6 Å². The second-order valence-electron chi connectivity index (χ2n) is 5.82. The Balaban J connectivity index is 1.65. The third kappa shape index (κ3) is 3.87. The summed E-state index contributed by atoms with van der Waals surface area (Å²) in [6, 6.07) is 12.3. The number of nitriles is 1. The highest BCUT2D eigenvalue weighted by molar-refractivity contribution is 6.02. The molecule has 0 aliphatic carbocycles. The fourth-order valence-corrected chi connectivity index (χ4v) is 2.74. The van der Waals surface area contributed by atoms with E-state index in [1.165, 1.54) is 25.7 Å². The molecule has 122 valence electrons. The number of carbonyl (C=O) groups is 1. The summed E-state index contributed by atoms with van der Waals surface area (Å²) in [5.74, 6) is 0.515. The van der Waals surface area contributed by atoms with Crippen molar-refractivity contribution in [2.24, 2.45) is 0 Å². The largest absolute Gasteiger partial charge is 0.355 e. The highest BCUT2D eigenvalue weighted by Gasteiger charge is 2.13. The van der Waals surface area contributed by atoms with Crippen molar-refractivity contribution >= 4 is 17.4 Å². The van der Waals surface area contributed by atoms with Crippen LogP contribution in [0.2, 0.25) is 0 Å². The fourth-order valence-electron chi connectivity index (χ4n) is 2.74. The van der Waals surface area contributed by atoms with Crippen LogP contribution in [0.5, 0.6) is 0 Å². The lowest BCUT2D eigenvalue weighted by Gasteiger charge is -2.20. The summed E-state index contributed by atoms with van der Waals surface area (Å²) in [7, 11) is 0. The van der Waals surface area contributed by atoms with Crippen molar-refractivity contribution in [3.05, 3.63) is 47.7 Å². The molecule has 3 rings (SSSR count). The highest BCUT2D eigenvalue weighted by Crippen LogP contribution is 2.17. The van der Waals surface area contributed by atoms with Gasteiger partial charge in [-0.2, -0.15) is 5.26 Å². The van der Waals surface area contributed by atoms with Gasteiger partial charge in [-0.15, -0.1) is 10.2 Å². The zero-order valence-electron chi connectivity index (χ0n) is 13.4. The van der Waals surface area contributed by atoms with Gasteiger partial charge < -0.3 is 10.2 Å². The summed E-state index contributed by atoms with van der Waals surface area (Å²) < 4.78 is 0. The van der Waals surface area contributed by atoms with Crippen LogP contribution in [0.1, 0.15) is 41.7 Å². The Bertz CT molecular complexity index is 725. The minimum Gasteiger partial charge on any atom is -0.355 e. The maximum atomic E-state index is 12.2. The van der Waals surface area contributed by atoms with Gasteiger partial charge in [0.2, 0.25) is 0 Å². The molecule has 1 aliphatic heterocycles. The molecule has 0 saturated carbocycles. The summed E-state index contributed by atoms with van der Waals surface area (Å²) in [5, 5.41) is 19.8. The average Bonchev–Trinajstić information content (AvgIpc) is 2.92. The van der Waals surface area contributed by atoms with Crippen LogP contribution >= 0.6 is 0 Å². The first-order chi connectivity index (χ1) is 11.8. The van der Waals surface area contributed by atoms with E-state index in [0.29, 0.717) is 11.3 Å². The monoisotopic (exact) mass is 321 g/mol. The molecule has 2 heterocycles. The van der Waals surface area contributed by atoms with Crippen molar-refractivity contribution in [1.29, 1.82) is 5.26 Å². The molecule has 1 N–H and O–H groups in total. The second kappa shape index (κ2) is 7.55. The number of aromatic nitrogens is 2. The molecule has 24 heavy (non-hydrogen) atoms. The summed E-state index contributed by atoms with van der Waals surface area (Å²) in [4.78, 5) is 14.4. The van der Waals surface area contributed by atoms with E-state index in [1.807, 2.05) is 12.1 Å². The third-order valence-electron chi connectivity index (χ3n) is 4.09. The first-order valence-electron chi connectivity index (χ1n) is 8.16. The zero-order chi connectivity index (χ0) is 16.8. The van der Waals surface area contributed by atoms with Crippen LogP contribution in [-0.2, 0) is 0 Å². The Morgan fingerprint density at radius 1 is 1.00 bits per heavy atom. The molecule has 0 unspecified atom stereocenters. The molecule has 1 amide bonds. The van der Waals surface area contributed by atoms with Crippen LogP contribution in [0.25, 0.3) is 0 Å². The molecule has 2 aromatic rings. The van der Waals surface area contributed by atoms with Gasteiger partial charge in [-0.1, -0.05) is 12.8 Å². The molecule has 1 saturated heterocycles. The van der Waals surface area contributed by atoms with E-state index in [1.54, 1.807) is 30.3 Å². The molecule has 1 aromatic carbocycles. The Morgan fingerprint density at radius 3 is 2.29 bits per heavy atom. The van der Waals surface area contributed by atoms with Crippen LogP contribution in [-0.4, -0.2) is 29.2 Å². The van der Waals surface area contributed by atoms with Gasteiger partial charge in [-0.05, 0) is 49.2 Å². The number of nitrogens with one attached hydrogen (secondary N) is 1. The lowest BCUT2D eigenvalue weighted by Crippen LogP contribution is -2.25. The standard InChI is InChI=1S/C18H19N5O/c19-13-14-5-7-15(8-6-14)20-18(24)16-9-10-17(22-21-16)23-11-3-1-2-4-12-23/h5-10H,1-4,11-12H2,(H,20,24). The maximum absolute atomic E-state index is 12.2. The van der Waals surface area contributed by atoms with Gasteiger partial charge in [0, 0.05) is 18.8 Å². The molecule has 0 spiro atoms. The Labute approximate surface area is 141 Å². The molecule has 1 aliphatic rings. The Hall–Kier alpha value is -2.94. The Morgan fingerprint density at radius 2 is 1.71 bits per heavy atom. The average molecular weight is 321 g/mol. The van der Waals surface area contributed by atoms with Gasteiger partial charge in [-0.25, -0.2) is 0 Å². The van der Waals surface area contributed by atoms with Crippen molar-refractivity contribution in [3.63, 3.8) is 0 Å². The SMILES string of the molecule is N#Cc1ccc(NC(=O)c2ccc(N3CCCCCC3)nn2)cc1. The molecular weight excluding hydrogens is 302 g/mol. The molecule has 1 aromatic heterocycles. The molecule has 0 bridgehead atoms. The molecule has 0 atom stereocenters. The van der Waals surface area contributed by atoms with Crippen LogP contribution in [0.4, 0.5) is 11.5 Å². The van der Waals surface area contributed by atoms with E-state index in [4.69, 9.17) is 5.26 Å². The van der Waals surface area contributed by atoms with Crippen LogP contribution in [0.3, 0.4) is 0 Å². The minimum atomic E-state index is -0.311. The molecule has 6 nitrogen and oxygen atoms in total. The number of rotatable bonds is 3. The van der Waals surface area contributed by atoms with Gasteiger partial charge in [0.1, 0.15) is 0 Å². The first kappa shape index (κ1) is 15.9. The summed E-state index contributed by atoms with van der Waals surface area (Å²) in [5.41, 5.74) is 1.45. The van der Waals surface area contributed by atoms with Crippen molar-refractivity contribution in [3.8, 4) is 6.07 Å². The number of amides is 1. The summed E-state index contributed by atoms with van der Waals surface area (Å²) in [6.45, 7) is 1.98. The lowest BCUT2D eigenvalue weighted by atomic mass is 10.2. The predicted octanol–water partition coefficient (Wildman–Crippen LogP) is 2.98. The maximum Gasteiger partial charge on any atom is 0.276 e. The minimum absolute atomic E-state index is 0.276. The van der Waals surface area contributed by atoms with Gasteiger partial charge in [0.25, 0.3) is 5.91 Å². The number of hydrogen-bond acceptors (Lipinski definition) is 5. The number of nitrogens with zero attached hydrogens (tertiary/aromatic N) is 4. The summed E-state index contributed by atoms with van der Waals surface area (Å²) >= 11 is 0. The number of carbonyl (C=O) groups excluding carboxylic acids is 1. The van der Waals surface area contributed by atoms with Crippen molar-refractivity contribution in [2.75, 3.05) is 23.3 Å². The zero-order valence-corrected chi connectivity index (χ0v) is 13.4. The number of anilines is 2. The lowest BCUT2D eigenvalue weighted by molar-refractivity contribution is 0.102. The van der Waals surface area contributed by atoms with E-state index in [9.17, 15) is 4.79 Å². The molecular formula is C18H19N5O. The smallest absolute Gasteiger partial charge is 0.276 e. The van der Waals surface area contributed by atoms with Crippen molar-refractivity contribution in [1.82, 2.24) is 10.2 Å². The summed E-state index contributed by atoms with van der Waals surface area (Å²) in [6.07, 6.45) is 4.86. The fraction of sp³-hybridized carbons (Fsp3) is 0.333. The first-order valence-corrected chi connectivity index (χ1v) is 8.16. The van der Waals surface area contributed by atoms with Crippen molar-refractivity contribution < 1.29 is 4.79 Å². The van der Waals surface area contributed by atoms with E-state index in [2.05, 4.69) is 20.4 Å². The van der Waals surface area contributed by atoms with Gasteiger partial charge >= 0.3 is 0 Å². The molecule has 6 heteroatoms. The quantitative estimate of drug-likeness (QED) is 0.940. The van der Waals surface area contributed by atoms with Crippen LogP contribution in [0.15, 0.2) is 36.4 Å². The van der Waals surface area contributed by atoms with Crippen molar-refractivity contribution in [2.45, 2.75) is 25.7 Å².